The van der Waals surface area contributed by atoms with Crippen LogP contribution in [-0.2, 0) is 0 Å². The average molecular weight is 278 g/mol. The number of nitrogens with zero attached hydrogens (tertiary/aromatic N) is 3. The maximum Gasteiger partial charge on any atom is 0.204 e. The van der Waals surface area contributed by atoms with Gasteiger partial charge in [-0.05, 0) is 31.6 Å². The van der Waals surface area contributed by atoms with E-state index in [1.54, 1.807) is 13.4 Å². The maximum absolute atomic E-state index is 5.49. The Morgan fingerprint density at radius 3 is 2.55 bits per heavy atom. The zero-order chi connectivity index (χ0) is 14.5. The molecule has 112 valence electrons. The van der Waals surface area contributed by atoms with E-state index in [-0.39, 0.29) is 0 Å². The van der Waals surface area contributed by atoms with Crippen LogP contribution in [-0.4, -0.2) is 37.2 Å². The second-order valence-electron chi connectivity index (χ2n) is 5.52. The Balaban J connectivity index is 2.15. The van der Waals surface area contributed by atoms with Crippen LogP contribution in [0.15, 0.2) is 6.33 Å². The highest BCUT2D eigenvalue weighted by Crippen LogP contribution is 2.36. The van der Waals surface area contributed by atoms with Crippen molar-refractivity contribution in [3.8, 4) is 5.75 Å². The van der Waals surface area contributed by atoms with Crippen molar-refractivity contribution >= 4 is 11.6 Å². The predicted octanol–water partition coefficient (Wildman–Crippen LogP) is 2.93. The van der Waals surface area contributed by atoms with Gasteiger partial charge in [-0.25, -0.2) is 9.97 Å². The van der Waals surface area contributed by atoms with E-state index in [1.165, 1.54) is 32.1 Å². The zero-order valence-electron chi connectivity index (χ0n) is 13.0. The summed E-state index contributed by atoms with van der Waals surface area (Å²) in [6.45, 7) is 2.29. The van der Waals surface area contributed by atoms with Gasteiger partial charge in [-0.2, -0.15) is 0 Å². The highest BCUT2D eigenvalue weighted by molar-refractivity contribution is 5.64. The number of hydrogen-bond donors (Lipinski definition) is 1. The van der Waals surface area contributed by atoms with Crippen LogP contribution in [0.1, 0.15) is 39.0 Å². The lowest BCUT2D eigenvalue weighted by molar-refractivity contribution is 0.311. The van der Waals surface area contributed by atoms with Gasteiger partial charge in [0.05, 0.1) is 7.11 Å². The van der Waals surface area contributed by atoms with Crippen molar-refractivity contribution in [1.82, 2.24) is 9.97 Å². The third-order valence-corrected chi connectivity index (χ3v) is 4.50. The van der Waals surface area contributed by atoms with Crippen molar-refractivity contribution in [2.24, 2.45) is 5.92 Å². The standard InChI is InChI=1S/C15H26N4O/c1-5-11-6-8-12(9-7-11)19(3)15-13(20-4)14(16-2)17-10-18-15/h10-12H,5-9H2,1-4H3,(H,16,17,18). The summed E-state index contributed by atoms with van der Waals surface area (Å²) in [5.41, 5.74) is 0. The van der Waals surface area contributed by atoms with E-state index >= 15 is 0 Å². The molecule has 1 N–H and O–H groups in total. The first-order chi connectivity index (χ1) is 9.71. The first-order valence-corrected chi connectivity index (χ1v) is 7.50. The largest absolute Gasteiger partial charge is 0.490 e. The van der Waals surface area contributed by atoms with Crippen molar-refractivity contribution in [2.75, 3.05) is 31.4 Å². The molecular weight excluding hydrogens is 252 g/mol. The summed E-state index contributed by atoms with van der Waals surface area (Å²) in [5, 5.41) is 3.06. The van der Waals surface area contributed by atoms with Crippen molar-refractivity contribution in [2.45, 2.75) is 45.1 Å². The molecular formula is C15H26N4O. The van der Waals surface area contributed by atoms with Crippen LogP contribution >= 0.6 is 0 Å². The van der Waals surface area contributed by atoms with Gasteiger partial charge in [0.15, 0.2) is 11.6 Å². The summed E-state index contributed by atoms with van der Waals surface area (Å²) in [6, 6.07) is 0.548. The number of methoxy groups -OCH3 is 1. The van der Waals surface area contributed by atoms with E-state index in [4.69, 9.17) is 4.74 Å². The molecule has 0 unspecified atom stereocenters. The number of rotatable bonds is 5. The van der Waals surface area contributed by atoms with Crippen LogP contribution in [0.2, 0.25) is 0 Å². The van der Waals surface area contributed by atoms with Gasteiger partial charge in [-0.3, -0.25) is 0 Å². The predicted molar refractivity (Wildman–Crippen MR) is 82.6 cm³/mol. The van der Waals surface area contributed by atoms with Crippen LogP contribution in [0.25, 0.3) is 0 Å². The molecule has 20 heavy (non-hydrogen) atoms. The summed E-state index contributed by atoms with van der Waals surface area (Å²) in [5.74, 6) is 3.26. The molecule has 0 saturated heterocycles. The van der Waals surface area contributed by atoms with Crippen LogP contribution in [0.4, 0.5) is 11.6 Å². The molecule has 1 aromatic rings. The lowest BCUT2D eigenvalue weighted by Crippen LogP contribution is -2.36. The maximum atomic E-state index is 5.49. The van der Waals surface area contributed by atoms with Crippen molar-refractivity contribution in [3.63, 3.8) is 0 Å². The third kappa shape index (κ3) is 2.97. The Morgan fingerprint density at radius 1 is 1.30 bits per heavy atom. The fourth-order valence-electron chi connectivity index (χ4n) is 3.10. The molecule has 2 rings (SSSR count). The topological polar surface area (TPSA) is 50.3 Å². The number of anilines is 2. The van der Waals surface area contributed by atoms with E-state index in [9.17, 15) is 0 Å². The molecule has 0 bridgehead atoms. The molecule has 5 nitrogen and oxygen atoms in total. The highest BCUT2D eigenvalue weighted by atomic mass is 16.5. The van der Waals surface area contributed by atoms with Gasteiger partial charge in [-0.15, -0.1) is 0 Å². The zero-order valence-corrected chi connectivity index (χ0v) is 13.0. The summed E-state index contributed by atoms with van der Waals surface area (Å²) >= 11 is 0. The first kappa shape index (κ1) is 14.9. The Kier molecular flexibility index (Phi) is 5.04. The Hall–Kier alpha value is -1.52. The number of ether oxygens (including phenoxy) is 1. The minimum Gasteiger partial charge on any atom is -0.490 e. The summed E-state index contributed by atoms with van der Waals surface area (Å²) in [6.07, 6.45) is 8.00. The molecule has 0 atom stereocenters. The van der Waals surface area contributed by atoms with Crippen LogP contribution < -0.4 is 15.0 Å². The second-order valence-corrected chi connectivity index (χ2v) is 5.52. The lowest BCUT2D eigenvalue weighted by atomic mass is 9.84. The van der Waals surface area contributed by atoms with E-state index in [0.29, 0.717) is 6.04 Å². The fraction of sp³-hybridized carbons (Fsp3) is 0.733. The van der Waals surface area contributed by atoms with Crippen molar-refractivity contribution < 1.29 is 4.74 Å². The van der Waals surface area contributed by atoms with Crippen LogP contribution in [0, 0.1) is 5.92 Å². The summed E-state index contributed by atoms with van der Waals surface area (Å²) in [4.78, 5) is 10.9. The lowest BCUT2D eigenvalue weighted by Gasteiger charge is -2.35. The van der Waals surface area contributed by atoms with Gasteiger partial charge >= 0.3 is 0 Å². The monoisotopic (exact) mass is 278 g/mol. The molecule has 5 heteroatoms. The summed E-state index contributed by atoms with van der Waals surface area (Å²) in [7, 11) is 5.63. The van der Waals surface area contributed by atoms with E-state index < -0.39 is 0 Å². The molecule has 1 aromatic heterocycles. The smallest absolute Gasteiger partial charge is 0.204 e. The first-order valence-electron chi connectivity index (χ1n) is 7.50. The Labute approximate surface area is 121 Å². The summed E-state index contributed by atoms with van der Waals surface area (Å²) < 4.78 is 5.49. The molecule has 0 spiro atoms. The van der Waals surface area contributed by atoms with E-state index in [0.717, 1.165) is 23.3 Å². The normalized spacial score (nSPS) is 22.4. The molecule has 1 aliphatic carbocycles. The molecule has 0 aromatic carbocycles. The van der Waals surface area contributed by atoms with Crippen molar-refractivity contribution in [3.05, 3.63) is 6.33 Å². The van der Waals surface area contributed by atoms with Gasteiger partial charge in [0, 0.05) is 20.1 Å². The fourth-order valence-corrected chi connectivity index (χ4v) is 3.10. The number of nitrogens with one attached hydrogen (secondary N) is 1. The van der Waals surface area contributed by atoms with Crippen LogP contribution in [0.5, 0.6) is 5.75 Å². The highest BCUT2D eigenvalue weighted by Gasteiger charge is 2.26. The van der Waals surface area contributed by atoms with Crippen LogP contribution in [0.3, 0.4) is 0 Å². The van der Waals surface area contributed by atoms with Gasteiger partial charge in [0.2, 0.25) is 5.75 Å². The average Bonchev–Trinajstić information content (AvgIpc) is 2.53. The van der Waals surface area contributed by atoms with Gasteiger partial charge < -0.3 is 15.0 Å². The molecule has 0 radical (unpaired) electrons. The Morgan fingerprint density at radius 2 is 2.00 bits per heavy atom. The van der Waals surface area contributed by atoms with E-state index in [1.807, 2.05) is 7.05 Å². The minimum absolute atomic E-state index is 0.548. The van der Waals surface area contributed by atoms with Crippen molar-refractivity contribution in [1.29, 1.82) is 0 Å². The van der Waals surface area contributed by atoms with Gasteiger partial charge in [0.1, 0.15) is 6.33 Å². The molecule has 0 aliphatic heterocycles. The third-order valence-electron chi connectivity index (χ3n) is 4.50. The molecule has 1 aliphatic rings. The van der Waals surface area contributed by atoms with Gasteiger partial charge in [-0.1, -0.05) is 13.3 Å². The van der Waals surface area contributed by atoms with Gasteiger partial charge in [0.25, 0.3) is 0 Å². The second kappa shape index (κ2) is 6.77. The Bertz CT molecular complexity index is 430. The molecule has 1 saturated carbocycles. The number of aromatic nitrogens is 2. The molecule has 1 heterocycles. The quantitative estimate of drug-likeness (QED) is 0.897. The molecule has 0 amide bonds. The number of hydrogen-bond acceptors (Lipinski definition) is 5. The minimum atomic E-state index is 0.548. The molecule has 1 fully saturated rings. The van der Waals surface area contributed by atoms with E-state index in [2.05, 4.69) is 34.2 Å². The SMILES string of the molecule is CCC1CCC(N(C)c2ncnc(NC)c2OC)CC1.